The molecule has 0 saturated heterocycles. The van der Waals surface area contributed by atoms with E-state index in [1.807, 2.05) is 0 Å². The molecule has 1 aliphatic rings. The van der Waals surface area contributed by atoms with Gasteiger partial charge in [-0.15, -0.1) is 0 Å². The van der Waals surface area contributed by atoms with Gasteiger partial charge >= 0.3 is 11.9 Å². The SMILES string of the molecule is O=C(O)C[C@@H](NC1=C(Cl)C(=O)c2ccccc2C1=O)C(=O)O. The summed E-state index contributed by atoms with van der Waals surface area (Å²) < 4.78 is 0. The number of nitrogens with one attached hydrogen (secondary N) is 1. The molecule has 7 nitrogen and oxygen atoms in total. The van der Waals surface area contributed by atoms with E-state index in [4.69, 9.17) is 21.8 Å². The highest BCUT2D eigenvalue weighted by molar-refractivity contribution is 6.49. The minimum atomic E-state index is -1.58. The van der Waals surface area contributed by atoms with E-state index in [-0.39, 0.29) is 11.1 Å². The van der Waals surface area contributed by atoms with Crippen molar-refractivity contribution >= 4 is 35.1 Å². The molecule has 1 aliphatic carbocycles. The number of ketones is 2. The minimum absolute atomic E-state index is 0.0823. The van der Waals surface area contributed by atoms with E-state index in [0.717, 1.165) is 0 Å². The number of carbonyl (C=O) groups excluding carboxylic acids is 2. The van der Waals surface area contributed by atoms with Crippen LogP contribution in [-0.4, -0.2) is 39.8 Å². The fraction of sp³-hybridized carbons (Fsp3) is 0.143. The van der Waals surface area contributed by atoms with Crippen molar-refractivity contribution in [2.75, 3.05) is 0 Å². The van der Waals surface area contributed by atoms with Crippen LogP contribution < -0.4 is 5.32 Å². The molecule has 22 heavy (non-hydrogen) atoms. The Bertz CT molecular complexity index is 724. The van der Waals surface area contributed by atoms with Gasteiger partial charge in [0.2, 0.25) is 11.6 Å². The summed E-state index contributed by atoms with van der Waals surface area (Å²) in [6.45, 7) is 0. The zero-order chi connectivity index (χ0) is 16.4. The Morgan fingerprint density at radius 3 is 2.14 bits per heavy atom. The number of hydrogen-bond donors (Lipinski definition) is 3. The van der Waals surface area contributed by atoms with Crippen molar-refractivity contribution in [2.24, 2.45) is 0 Å². The molecule has 0 unspecified atom stereocenters. The average Bonchev–Trinajstić information content (AvgIpc) is 2.47. The molecule has 1 aromatic carbocycles. The largest absolute Gasteiger partial charge is 0.481 e. The van der Waals surface area contributed by atoms with E-state index >= 15 is 0 Å². The van der Waals surface area contributed by atoms with Crippen LogP contribution in [0, 0.1) is 0 Å². The number of benzene rings is 1. The number of carboxylic acid groups (broad SMARTS) is 2. The van der Waals surface area contributed by atoms with Crippen molar-refractivity contribution in [3.05, 3.63) is 46.1 Å². The lowest BCUT2D eigenvalue weighted by molar-refractivity contribution is -0.145. The predicted octanol–water partition coefficient (Wildman–Crippen LogP) is 1.03. The summed E-state index contributed by atoms with van der Waals surface area (Å²) in [6, 6.07) is 4.38. The van der Waals surface area contributed by atoms with Crippen LogP contribution in [0.4, 0.5) is 0 Å². The molecule has 0 bridgehead atoms. The van der Waals surface area contributed by atoms with Crippen LogP contribution in [0.25, 0.3) is 0 Å². The third-order valence-electron chi connectivity index (χ3n) is 3.06. The molecule has 0 saturated carbocycles. The first-order valence-corrected chi connectivity index (χ1v) is 6.50. The molecule has 1 atom stereocenters. The lowest BCUT2D eigenvalue weighted by Crippen LogP contribution is -2.42. The van der Waals surface area contributed by atoms with Gasteiger partial charge in [-0.3, -0.25) is 14.4 Å². The van der Waals surface area contributed by atoms with E-state index in [1.54, 1.807) is 12.1 Å². The van der Waals surface area contributed by atoms with Crippen molar-refractivity contribution in [3.63, 3.8) is 0 Å². The summed E-state index contributed by atoms with van der Waals surface area (Å²) in [5.74, 6) is -4.12. The first-order valence-electron chi connectivity index (χ1n) is 6.12. The smallest absolute Gasteiger partial charge is 0.326 e. The Morgan fingerprint density at radius 2 is 1.64 bits per heavy atom. The van der Waals surface area contributed by atoms with Gasteiger partial charge in [0.05, 0.1) is 6.42 Å². The maximum absolute atomic E-state index is 12.3. The topological polar surface area (TPSA) is 121 Å². The second kappa shape index (κ2) is 5.98. The molecule has 8 heteroatoms. The van der Waals surface area contributed by atoms with E-state index in [0.29, 0.717) is 0 Å². The summed E-state index contributed by atoms with van der Waals surface area (Å²) >= 11 is 5.85. The first-order chi connectivity index (χ1) is 10.3. The molecule has 114 valence electrons. The molecule has 3 N–H and O–H groups in total. The van der Waals surface area contributed by atoms with Crippen molar-refractivity contribution in [1.82, 2.24) is 5.32 Å². The maximum atomic E-state index is 12.3. The van der Waals surface area contributed by atoms with Crippen LogP contribution in [0.1, 0.15) is 27.1 Å². The number of carboxylic acids is 2. The van der Waals surface area contributed by atoms with Gasteiger partial charge in [0.1, 0.15) is 16.8 Å². The Kier molecular flexibility index (Phi) is 4.27. The molecule has 0 amide bonds. The fourth-order valence-electron chi connectivity index (χ4n) is 2.02. The molecule has 0 radical (unpaired) electrons. The number of Topliss-reactive ketones (excluding diaryl/α,β-unsaturated/α-hetero) is 2. The van der Waals surface area contributed by atoms with Crippen LogP contribution in [0.5, 0.6) is 0 Å². The van der Waals surface area contributed by atoms with Gasteiger partial charge in [-0.2, -0.15) is 0 Å². The third-order valence-corrected chi connectivity index (χ3v) is 3.42. The molecule has 0 aliphatic heterocycles. The normalized spacial score (nSPS) is 15.3. The number of aliphatic carboxylic acids is 2. The van der Waals surface area contributed by atoms with Crippen molar-refractivity contribution in [1.29, 1.82) is 0 Å². The van der Waals surface area contributed by atoms with Crippen LogP contribution in [0.15, 0.2) is 35.0 Å². The zero-order valence-corrected chi connectivity index (χ0v) is 11.8. The molecular formula is C14H10ClNO6. The second-order valence-electron chi connectivity index (χ2n) is 4.53. The highest BCUT2D eigenvalue weighted by Crippen LogP contribution is 2.27. The molecule has 0 aromatic heterocycles. The first kappa shape index (κ1) is 15.7. The van der Waals surface area contributed by atoms with Crippen LogP contribution in [0.2, 0.25) is 0 Å². The van der Waals surface area contributed by atoms with Gasteiger partial charge in [-0.1, -0.05) is 35.9 Å². The van der Waals surface area contributed by atoms with Gasteiger partial charge < -0.3 is 15.5 Å². The standard InChI is InChI=1S/C14H10ClNO6/c15-10-11(16-8(14(21)22)5-9(17)18)13(20)7-4-2-1-3-6(7)12(10)19/h1-4,8,16H,5H2,(H,17,18)(H,21,22)/t8-/m1/s1. The summed E-state index contributed by atoms with van der Waals surface area (Å²) in [7, 11) is 0. The number of rotatable bonds is 5. The lowest BCUT2D eigenvalue weighted by Gasteiger charge is -2.21. The highest BCUT2D eigenvalue weighted by Gasteiger charge is 2.34. The van der Waals surface area contributed by atoms with E-state index < -0.39 is 46.7 Å². The van der Waals surface area contributed by atoms with Gasteiger partial charge in [0, 0.05) is 11.1 Å². The highest BCUT2D eigenvalue weighted by atomic mass is 35.5. The van der Waals surface area contributed by atoms with Gasteiger partial charge in [0.15, 0.2) is 0 Å². The number of halogens is 1. The summed E-state index contributed by atoms with van der Waals surface area (Å²) in [5, 5.41) is 19.5. The monoisotopic (exact) mass is 323 g/mol. The molecule has 0 fully saturated rings. The van der Waals surface area contributed by atoms with E-state index in [2.05, 4.69) is 5.32 Å². The van der Waals surface area contributed by atoms with E-state index in [9.17, 15) is 19.2 Å². The average molecular weight is 324 g/mol. The summed E-state index contributed by atoms with van der Waals surface area (Å²) in [4.78, 5) is 46.2. The number of hydrogen-bond acceptors (Lipinski definition) is 5. The number of allylic oxidation sites excluding steroid dienone is 2. The summed E-state index contributed by atoms with van der Waals surface area (Å²) in [6.07, 6.45) is -0.772. The molecule has 1 aromatic rings. The van der Waals surface area contributed by atoms with Crippen LogP contribution >= 0.6 is 11.6 Å². The zero-order valence-electron chi connectivity index (χ0n) is 11.0. The molecule has 0 heterocycles. The molecular weight excluding hydrogens is 314 g/mol. The lowest BCUT2D eigenvalue weighted by atomic mass is 9.92. The Balaban J connectivity index is 2.40. The second-order valence-corrected chi connectivity index (χ2v) is 4.90. The number of fused-ring (bicyclic) bond motifs is 1. The Hall–Kier alpha value is -2.67. The maximum Gasteiger partial charge on any atom is 0.326 e. The van der Waals surface area contributed by atoms with Crippen molar-refractivity contribution in [2.45, 2.75) is 12.5 Å². The quantitative estimate of drug-likeness (QED) is 0.740. The Morgan fingerprint density at radius 1 is 1.09 bits per heavy atom. The van der Waals surface area contributed by atoms with Crippen LogP contribution in [-0.2, 0) is 9.59 Å². The van der Waals surface area contributed by atoms with Gasteiger partial charge in [0.25, 0.3) is 0 Å². The van der Waals surface area contributed by atoms with Crippen molar-refractivity contribution < 1.29 is 29.4 Å². The summed E-state index contributed by atoms with van der Waals surface area (Å²) in [5.41, 5.74) is -0.203. The fourth-order valence-corrected chi connectivity index (χ4v) is 2.27. The third kappa shape index (κ3) is 2.84. The van der Waals surface area contributed by atoms with E-state index in [1.165, 1.54) is 12.1 Å². The van der Waals surface area contributed by atoms with Gasteiger partial charge in [-0.05, 0) is 0 Å². The number of carbonyl (C=O) groups is 4. The molecule has 0 spiro atoms. The predicted molar refractivity (Wildman–Crippen MR) is 74.8 cm³/mol. The van der Waals surface area contributed by atoms with Gasteiger partial charge in [-0.25, -0.2) is 4.79 Å². The minimum Gasteiger partial charge on any atom is -0.481 e. The van der Waals surface area contributed by atoms with Crippen LogP contribution in [0.3, 0.4) is 0 Å². The van der Waals surface area contributed by atoms with Crippen molar-refractivity contribution in [3.8, 4) is 0 Å². The Labute approximate surface area is 129 Å². The molecule has 2 rings (SSSR count).